The Balaban J connectivity index is 2.10. The molecule has 0 aliphatic heterocycles. The molecule has 82 valence electrons. The summed E-state index contributed by atoms with van der Waals surface area (Å²) in [6.07, 6.45) is 5.36. The van der Waals surface area contributed by atoms with E-state index in [9.17, 15) is 4.79 Å². The minimum Gasteiger partial charge on any atom is -0.395 e. The van der Waals surface area contributed by atoms with Crippen molar-refractivity contribution in [2.75, 3.05) is 13.2 Å². The van der Waals surface area contributed by atoms with E-state index in [1.54, 1.807) is 29.0 Å². The van der Waals surface area contributed by atoms with Crippen LogP contribution in [0.5, 0.6) is 0 Å². The number of nitrogens with zero attached hydrogens (tertiary/aromatic N) is 3. The minimum absolute atomic E-state index is 0.0164. The summed E-state index contributed by atoms with van der Waals surface area (Å²) in [5, 5.41) is 12.9. The van der Waals surface area contributed by atoms with Gasteiger partial charge in [0, 0.05) is 25.8 Å². The largest absolute Gasteiger partial charge is 0.395 e. The van der Waals surface area contributed by atoms with Crippen molar-refractivity contribution in [2.45, 2.75) is 18.9 Å². The van der Waals surface area contributed by atoms with E-state index in [-0.39, 0.29) is 12.5 Å². The van der Waals surface area contributed by atoms with Crippen molar-refractivity contribution in [2.24, 2.45) is 7.05 Å². The molecular formula is C10H15N3O2. The molecule has 0 spiro atoms. The zero-order valence-electron chi connectivity index (χ0n) is 8.76. The Labute approximate surface area is 88.3 Å². The van der Waals surface area contributed by atoms with Crippen molar-refractivity contribution in [3.8, 4) is 0 Å². The van der Waals surface area contributed by atoms with Crippen LogP contribution in [0.25, 0.3) is 0 Å². The topological polar surface area (TPSA) is 58.4 Å². The Kier molecular flexibility index (Phi) is 2.73. The fourth-order valence-electron chi connectivity index (χ4n) is 1.64. The van der Waals surface area contributed by atoms with E-state index in [1.165, 1.54) is 0 Å². The lowest BCUT2D eigenvalue weighted by Crippen LogP contribution is -2.35. The molecule has 1 amide bonds. The van der Waals surface area contributed by atoms with Gasteiger partial charge in [0.1, 0.15) is 0 Å². The van der Waals surface area contributed by atoms with Crippen molar-refractivity contribution in [3.63, 3.8) is 0 Å². The molecule has 2 rings (SSSR count). The molecule has 0 bridgehead atoms. The Morgan fingerprint density at radius 3 is 2.93 bits per heavy atom. The van der Waals surface area contributed by atoms with E-state index in [0.29, 0.717) is 18.2 Å². The van der Waals surface area contributed by atoms with Crippen LogP contribution in [-0.4, -0.2) is 44.9 Å². The predicted octanol–water partition coefficient (Wildman–Crippen LogP) is 0.0170. The van der Waals surface area contributed by atoms with Crippen LogP contribution in [0.3, 0.4) is 0 Å². The molecule has 1 saturated carbocycles. The summed E-state index contributed by atoms with van der Waals surface area (Å²) in [7, 11) is 1.78. The number of carbonyl (C=O) groups is 1. The molecular weight excluding hydrogens is 194 g/mol. The quantitative estimate of drug-likeness (QED) is 0.760. The number of amides is 1. The highest BCUT2D eigenvalue weighted by Gasteiger charge is 2.32. The van der Waals surface area contributed by atoms with Gasteiger partial charge < -0.3 is 10.0 Å². The summed E-state index contributed by atoms with van der Waals surface area (Å²) < 4.78 is 1.61. The molecule has 0 aromatic carbocycles. The fraction of sp³-hybridized carbons (Fsp3) is 0.600. The first-order valence-electron chi connectivity index (χ1n) is 5.13. The van der Waals surface area contributed by atoms with Crippen LogP contribution in [0, 0.1) is 0 Å². The molecule has 1 fully saturated rings. The fourth-order valence-corrected chi connectivity index (χ4v) is 1.64. The summed E-state index contributed by atoms with van der Waals surface area (Å²) in [6.45, 7) is 0.431. The molecule has 1 heterocycles. The van der Waals surface area contributed by atoms with Crippen molar-refractivity contribution in [1.29, 1.82) is 0 Å². The second-order valence-corrected chi connectivity index (χ2v) is 3.86. The summed E-state index contributed by atoms with van der Waals surface area (Å²) in [4.78, 5) is 13.7. The van der Waals surface area contributed by atoms with Crippen LogP contribution in [0.1, 0.15) is 23.2 Å². The number of aromatic nitrogens is 2. The van der Waals surface area contributed by atoms with Gasteiger partial charge in [-0.15, -0.1) is 0 Å². The van der Waals surface area contributed by atoms with Crippen LogP contribution in [0.4, 0.5) is 0 Å². The molecule has 1 aromatic rings. The van der Waals surface area contributed by atoms with Gasteiger partial charge in [0.2, 0.25) is 0 Å². The van der Waals surface area contributed by atoms with Gasteiger partial charge in [-0.25, -0.2) is 0 Å². The Morgan fingerprint density at radius 2 is 2.47 bits per heavy atom. The zero-order chi connectivity index (χ0) is 10.8. The number of aliphatic hydroxyl groups excluding tert-OH is 1. The Hall–Kier alpha value is -1.36. The number of carbonyl (C=O) groups excluding carboxylic acids is 1. The van der Waals surface area contributed by atoms with Crippen molar-refractivity contribution in [1.82, 2.24) is 14.7 Å². The number of aryl methyl sites for hydroxylation is 1. The van der Waals surface area contributed by atoms with Crippen molar-refractivity contribution >= 4 is 5.91 Å². The third-order valence-corrected chi connectivity index (χ3v) is 2.54. The van der Waals surface area contributed by atoms with Gasteiger partial charge >= 0.3 is 0 Å². The molecule has 0 atom stereocenters. The van der Waals surface area contributed by atoms with Gasteiger partial charge in [-0.1, -0.05) is 0 Å². The molecule has 0 saturated heterocycles. The van der Waals surface area contributed by atoms with Crippen molar-refractivity contribution in [3.05, 3.63) is 18.0 Å². The van der Waals surface area contributed by atoms with E-state index < -0.39 is 0 Å². The average Bonchev–Trinajstić information content (AvgIpc) is 2.96. The molecule has 0 unspecified atom stereocenters. The third-order valence-electron chi connectivity index (χ3n) is 2.54. The maximum atomic E-state index is 12.0. The second kappa shape index (κ2) is 4.02. The SMILES string of the molecule is Cn1cc(C(=O)N(CCO)C2CC2)cn1. The number of hydrogen-bond acceptors (Lipinski definition) is 3. The highest BCUT2D eigenvalue weighted by molar-refractivity contribution is 5.94. The molecule has 0 radical (unpaired) electrons. The molecule has 5 heteroatoms. The van der Waals surface area contributed by atoms with Gasteiger partial charge in [0.25, 0.3) is 5.91 Å². The zero-order valence-corrected chi connectivity index (χ0v) is 8.76. The molecule has 1 N–H and O–H groups in total. The molecule has 1 aliphatic rings. The van der Waals surface area contributed by atoms with Crippen molar-refractivity contribution < 1.29 is 9.90 Å². The van der Waals surface area contributed by atoms with Gasteiger partial charge in [0.15, 0.2) is 0 Å². The smallest absolute Gasteiger partial charge is 0.257 e. The van der Waals surface area contributed by atoms with E-state index in [4.69, 9.17) is 5.11 Å². The lowest BCUT2D eigenvalue weighted by Gasteiger charge is -2.20. The third kappa shape index (κ3) is 2.18. The van der Waals surface area contributed by atoms with Gasteiger partial charge in [-0.2, -0.15) is 5.10 Å². The summed E-state index contributed by atoms with van der Waals surface area (Å²) >= 11 is 0. The van der Waals surface area contributed by atoms with E-state index in [0.717, 1.165) is 12.8 Å². The first-order valence-corrected chi connectivity index (χ1v) is 5.13. The van der Waals surface area contributed by atoms with E-state index >= 15 is 0 Å². The normalized spacial score (nSPS) is 15.3. The van der Waals surface area contributed by atoms with Gasteiger partial charge in [-0.3, -0.25) is 9.48 Å². The highest BCUT2D eigenvalue weighted by Crippen LogP contribution is 2.27. The average molecular weight is 209 g/mol. The molecule has 1 aromatic heterocycles. The van der Waals surface area contributed by atoms with Crippen LogP contribution >= 0.6 is 0 Å². The molecule has 1 aliphatic carbocycles. The lowest BCUT2D eigenvalue weighted by molar-refractivity contribution is 0.0707. The number of aliphatic hydroxyl groups is 1. The number of hydrogen-bond donors (Lipinski definition) is 1. The predicted molar refractivity (Wildman–Crippen MR) is 54.4 cm³/mol. The summed E-state index contributed by atoms with van der Waals surface area (Å²) in [5.74, 6) is -0.0281. The molecule has 5 nitrogen and oxygen atoms in total. The molecule has 15 heavy (non-hydrogen) atoms. The van der Waals surface area contributed by atoms with Gasteiger partial charge in [-0.05, 0) is 12.8 Å². The lowest BCUT2D eigenvalue weighted by atomic mass is 10.3. The monoisotopic (exact) mass is 209 g/mol. The van der Waals surface area contributed by atoms with E-state index in [2.05, 4.69) is 5.10 Å². The van der Waals surface area contributed by atoms with Crippen LogP contribution in [0.15, 0.2) is 12.4 Å². The maximum Gasteiger partial charge on any atom is 0.257 e. The van der Waals surface area contributed by atoms with Crippen LogP contribution in [0.2, 0.25) is 0 Å². The summed E-state index contributed by atoms with van der Waals surface area (Å²) in [5.41, 5.74) is 0.595. The summed E-state index contributed by atoms with van der Waals surface area (Å²) in [6, 6.07) is 0.324. The van der Waals surface area contributed by atoms with Crippen LogP contribution < -0.4 is 0 Å². The second-order valence-electron chi connectivity index (χ2n) is 3.86. The standard InChI is InChI=1S/C10H15N3O2/c1-12-7-8(6-11-12)10(15)13(4-5-14)9-2-3-9/h6-7,9,14H,2-5H2,1H3. The Bertz CT molecular complexity index is 357. The minimum atomic E-state index is -0.0281. The van der Waals surface area contributed by atoms with E-state index in [1.807, 2.05) is 0 Å². The first kappa shape index (κ1) is 10.2. The maximum absolute atomic E-state index is 12.0. The van der Waals surface area contributed by atoms with Gasteiger partial charge in [0.05, 0.1) is 18.4 Å². The van der Waals surface area contributed by atoms with Crippen LogP contribution in [-0.2, 0) is 7.05 Å². The highest BCUT2D eigenvalue weighted by atomic mass is 16.3. The number of rotatable bonds is 4. The Morgan fingerprint density at radius 1 is 1.73 bits per heavy atom. The first-order chi connectivity index (χ1) is 7.22.